The van der Waals surface area contributed by atoms with Gasteiger partial charge in [0.1, 0.15) is 5.60 Å². The van der Waals surface area contributed by atoms with Crippen molar-refractivity contribution in [1.82, 2.24) is 5.32 Å². The molecule has 1 rings (SSSR count). The molecule has 1 heterocycles. The Morgan fingerprint density at radius 1 is 1.25 bits per heavy atom. The minimum Gasteiger partial charge on any atom is -0.481 e. The molecule has 0 aliphatic carbocycles. The lowest BCUT2D eigenvalue weighted by Crippen LogP contribution is -2.37. The second kappa shape index (κ2) is 5.99. The molecule has 1 saturated heterocycles. The van der Waals surface area contributed by atoms with Crippen LogP contribution in [0.5, 0.6) is 0 Å². The normalized spacial score (nSPS) is 25.1. The molecule has 1 fully saturated rings. The van der Waals surface area contributed by atoms with Gasteiger partial charge < -0.3 is 15.2 Å². The van der Waals surface area contributed by atoms with E-state index < -0.39 is 33.4 Å². The van der Waals surface area contributed by atoms with Crippen molar-refractivity contribution < 1.29 is 27.9 Å². The lowest BCUT2D eigenvalue weighted by molar-refractivity contribution is -0.138. The number of carboxylic acid groups (broad SMARTS) is 1. The second-order valence-corrected chi connectivity index (χ2v) is 8.23. The van der Waals surface area contributed by atoms with Gasteiger partial charge in [0, 0.05) is 13.0 Å². The summed E-state index contributed by atoms with van der Waals surface area (Å²) in [6.07, 6.45) is -0.837. The molecule has 1 amide bonds. The van der Waals surface area contributed by atoms with Crippen LogP contribution in [0.25, 0.3) is 0 Å². The van der Waals surface area contributed by atoms with Crippen LogP contribution in [0.1, 0.15) is 27.2 Å². The number of rotatable bonds is 4. The SMILES string of the molecule is CC(C)(C)OC(=O)NCC1CS(=O)(=O)CC1CC(=O)O. The number of sulfone groups is 1. The van der Waals surface area contributed by atoms with Gasteiger partial charge >= 0.3 is 12.1 Å². The minimum atomic E-state index is -3.23. The predicted octanol–water partition coefficient (Wildman–Crippen LogP) is 0.647. The Bertz CT molecular complexity index is 479. The highest BCUT2D eigenvalue weighted by Gasteiger charge is 2.38. The maximum Gasteiger partial charge on any atom is 0.407 e. The van der Waals surface area contributed by atoms with Gasteiger partial charge in [-0.15, -0.1) is 0 Å². The maximum absolute atomic E-state index is 11.6. The zero-order valence-corrected chi connectivity index (χ0v) is 12.7. The van der Waals surface area contributed by atoms with E-state index in [9.17, 15) is 18.0 Å². The Kier molecular flexibility index (Phi) is 5.01. The number of carboxylic acids is 1. The molecule has 1 aliphatic heterocycles. The van der Waals surface area contributed by atoms with Crippen molar-refractivity contribution in [3.63, 3.8) is 0 Å². The van der Waals surface area contributed by atoms with E-state index >= 15 is 0 Å². The van der Waals surface area contributed by atoms with Gasteiger partial charge in [0.2, 0.25) is 0 Å². The van der Waals surface area contributed by atoms with Crippen molar-refractivity contribution in [2.45, 2.75) is 32.8 Å². The van der Waals surface area contributed by atoms with Gasteiger partial charge in [-0.2, -0.15) is 0 Å². The van der Waals surface area contributed by atoms with Gasteiger partial charge in [0.15, 0.2) is 9.84 Å². The highest BCUT2D eigenvalue weighted by Crippen LogP contribution is 2.27. The van der Waals surface area contributed by atoms with E-state index in [1.807, 2.05) is 0 Å². The number of carbonyl (C=O) groups is 2. The van der Waals surface area contributed by atoms with E-state index in [2.05, 4.69) is 5.32 Å². The molecule has 7 nitrogen and oxygen atoms in total. The largest absolute Gasteiger partial charge is 0.481 e. The van der Waals surface area contributed by atoms with Crippen LogP contribution in [0.4, 0.5) is 4.79 Å². The van der Waals surface area contributed by atoms with E-state index in [-0.39, 0.29) is 30.4 Å². The van der Waals surface area contributed by atoms with Crippen LogP contribution in [0, 0.1) is 11.8 Å². The van der Waals surface area contributed by atoms with E-state index in [1.54, 1.807) is 20.8 Å². The van der Waals surface area contributed by atoms with Crippen molar-refractivity contribution in [2.24, 2.45) is 11.8 Å². The highest BCUT2D eigenvalue weighted by molar-refractivity contribution is 7.91. The molecule has 116 valence electrons. The summed E-state index contributed by atoms with van der Waals surface area (Å²) < 4.78 is 28.2. The first-order valence-corrected chi connectivity index (χ1v) is 8.20. The molecule has 0 aromatic rings. The van der Waals surface area contributed by atoms with Crippen LogP contribution in [0.3, 0.4) is 0 Å². The topological polar surface area (TPSA) is 110 Å². The Morgan fingerprint density at radius 3 is 2.30 bits per heavy atom. The molecule has 1 aliphatic rings. The fraction of sp³-hybridized carbons (Fsp3) is 0.833. The smallest absolute Gasteiger partial charge is 0.407 e. The third-order valence-electron chi connectivity index (χ3n) is 2.95. The third kappa shape index (κ3) is 5.77. The first kappa shape index (κ1) is 16.7. The van der Waals surface area contributed by atoms with Gasteiger partial charge in [-0.05, 0) is 32.6 Å². The summed E-state index contributed by atoms with van der Waals surface area (Å²) in [6.45, 7) is 5.27. The van der Waals surface area contributed by atoms with Gasteiger partial charge in [0.25, 0.3) is 0 Å². The summed E-state index contributed by atoms with van der Waals surface area (Å²) in [5.74, 6) is -2.12. The molecule has 2 atom stereocenters. The number of aliphatic carboxylic acids is 1. The zero-order chi connectivity index (χ0) is 15.6. The molecule has 0 spiro atoms. The van der Waals surface area contributed by atoms with Crippen molar-refractivity contribution in [3.05, 3.63) is 0 Å². The van der Waals surface area contributed by atoms with Gasteiger partial charge in [-0.25, -0.2) is 13.2 Å². The monoisotopic (exact) mass is 307 g/mol. The maximum atomic E-state index is 11.6. The lowest BCUT2D eigenvalue weighted by Gasteiger charge is -2.21. The number of hydrogen-bond donors (Lipinski definition) is 2. The number of nitrogens with one attached hydrogen (secondary N) is 1. The van der Waals surface area contributed by atoms with Crippen LogP contribution < -0.4 is 5.32 Å². The first-order chi connectivity index (χ1) is 8.98. The number of amides is 1. The number of hydrogen-bond acceptors (Lipinski definition) is 5. The quantitative estimate of drug-likeness (QED) is 0.789. The van der Waals surface area contributed by atoms with Crippen LogP contribution in [0.2, 0.25) is 0 Å². The van der Waals surface area contributed by atoms with Crippen molar-refractivity contribution in [3.8, 4) is 0 Å². The van der Waals surface area contributed by atoms with Gasteiger partial charge in [-0.3, -0.25) is 4.79 Å². The molecule has 0 bridgehead atoms. The number of carbonyl (C=O) groups excluding carboxylic acids is 1. The Labute approximate surface area is 118 Å². The summed E-state index contributed by atoms with van der Waals surface area (Å²) in [6, 6.07) is 0. The first-order valence-electron chi connectivity index (χ1n) is 6.37. The number of alkyl carbamates (subject to hydrolysis) is 1. The summed E-state index contributed by atoms with van der Waals surface area (Å²) in [5, 5.41) is 11.3. The summed E-state index contributed by atoms with van der Waals surface area (Å²) in [4.78, 5) is 22.2. The average Bonchev–Trinajstić information content (AvgIpc) is 2.46. The standard InChI is InChI=1S/C12H21NO6S/c1-12(2,3)19-11(16)13-5-9-7-20(17,18)6-8(9)4-10(14)15/h8-9H,4-7H2,1-3H3,(H,13,16)(H,14,15). The molecule has 0 aromatic carbocycles. The van der Waals surface area contributed by atoms with Crippen molar-refractivity contribution >= 4 is 21.9 Å². The summed E-state index contributed by atoms with van der Waals surface area (Å²) >= 11 is 0. The molecule has 0 radical (unpaired) electrons. The Hall–Kier alpha value is -1.31. The van der Waals surface area contributed by atoms with Gasteiger partial charge in [0.05, 0.1) is 11.5 Å². The molecule has 0 aromatic heterocycles. The summed E-state index contributed by atoms with van der Waals surface area (Å²) in [7, 11) is -3.23. The van der Waals surface area contributed by atoms with E-state index in [1.165, 1.54) is 0 Å². The van der Waals surface area contributed by atoms with Crippen LogP contribution in [-0.4, -0.2) is 49.2 Å². The molecule has 2 unspecified atom stereocenters. The van der Waals surface area contributed by atoms with Crippen LogP contribution in [-0.2, 0) is 19.4 Å². The molecule has 20 heavy (non-hydrogen) atoms. The average molecular weight is 307 g/mol. The lowest BCUT2D eigenvalue weighted by atomic mass is 9.93. The Balaban J connectivity index is 2.56. The minimum absolute atomic E-state index is 0.0965. The van der Waals surface area contributed by atoms with E-state index in [0.717, 1.165) is 0 Å². The predicted molar refractivity (Wildman–Crippen MR) is 72.1 cm³/mol. The summed E-state index contributed by atoms with van der Waals surface area (Å²) in [5.41, 5.74) is -0.633. The molecular weight excluding hydrogens is 286 g/mol. The second-order valence-electron chi connectivity index (χ2n) is 6.08. The van der Waals surface area contributed by atoms with Gasteiger partial charge in [-0.1, -0.05) is 0 Å². The van der Waals surface area contributed by atoms with Crippen LogP contribution >= 0.6 is 0 Å². The third-order valence-corrected chi connectivity index (χ3v) is 4.82. The number of ether oxygens (including phenoxy) is 1. The van der Waals surface area contributed by atoms with Crippen molar-refractivity contribution in [2.75, 3.05) is 18.1 Å². The fourth-order valence-corrected chi connectivity index (χ4v) is 4.42. The Morgan fingerprint density at radius 2 is 1.80 bits per heavy atom. The van der Waals surface area contributed by atoms with Crippen molar-refractivity contribution in [1.29, 1.82) is 0 Å². The van der Waals surface area contributed by atoms with E-state index in [4.69, 9.17) is 9.84 Å². The molecule has 0 saturated carbocycles. The van der Waals surface area contributed by atoms with E-state index in [0.29, 0.717) is 0 Å². The fourth-order valence-electron chi connectivity index (χ4n) is 2.20. The molecule has 2 N–H and O–H groups in total. The molecule has 8 heteroatoms. The highest BCUT2D eigenvalue weighted by atomic mass is 32.2. The van der Waals surface area contributed by atoms with Crippen LogP contribution in [0.15, 0.2) is 0 Å². The zero-order valence-electron chi connectivity index (χ0n) is 11.9. The molecular formula is C12H21NO6S.